The molecule has 0 aromatic heterocycles. The van der Waals surface area contributed by atoms with Gasteiger partial charge in [0.1, 0.15) is 6.07 Å². The first-order valence-electron chi connectivity index (χ1n) is 5.47. The van der Waals surface area contributed by atoms with E-state index >= 15 is 0 Å². The largest absolute Gasteiger partial charge is 0.398 e. The Hall–Kier alpha value is -2.51. The lowest BCUT2D eigenvalue weighted by Gasteiger charge is -2.08. The summed E-state index contributed by atoms with van der Waals surface area (Å²) in [6.45, 7) is 0. The third kappa shape index (κ3) is 2.84. The zero-order valence-corrected chi connectivity index (χ0v) is 10.6. The molecule has 2 aromatic carbocycles. The molecule has 94 valence electrons. The van der Waals surface area contributed by atoms with Gasteiger partial charge in [-0.15, -0.1) is 0 Å². The highest BCUT2D eigenvalue weighted by atomic mass is 35.5. The first kappa shape index (κ1) is 12.9. The number of hydrogen-bond donors (Lipinski definition) is 2. The molecule has 2 aromatic rings. The normalized spacial score (nSPS) is 9.68. The molecule has 0 bridgehead atoms. The minimum Gasteiger partial charge on any atom is -0.398 e. The molecule has 0 saturated carbocycles. The summed E-state index contributed by atoms with van der Waals surface area (Å²) in [5, 5.41) is 11.9. The fourth-order valence-electron chi connectivity index (χ4n) is 1.59. The number of benzene rings is 2. The van der Waals surface area contributed by atoms with Gasteiger partial charge in [0.25, 0.3) is 5.91 Å². The molecule has 2 rings (SSSR count). The van der Waals surface area contributed by atoms with Crippen molar-refractivity contribution < 1.29 is 4.79 Å². The summed E-state index contributed by atoms with van der Waals surface area (Å²) >= 11 is 5.82. The Kier molecular flexibility index (Phi) is 3.69. The van der Waals surface area contributed by atoms with E-state index < -0.39 is 0 Å². The summed E-state index contributed by atoms with van der Waals surface area (Å²) in [6, 6.07) is 13.4. The Bertz CT molecular complexity index is 677. The van der Waals surface area contributed by atoms with Gasteiger partial charge < -0.3 is 11.1 Å². The monoisotopic (exact) mass is 271 g/mol. The Morgan fingerprint density at radius 2 is 2.00 bits per heavy atom. The molecule has 0 unspecified atom stereocenters. The summed E-state index contributed by atoms with van der Waals surface area (Å²) in [5.74, 6) is -0.329. The molecular weight excluding hydrogens is 262 g/mol. The lowest BCUT2D eigenvalue weighted by atomic mass is 10.1. The van der Waals surface area contributed by atoms with Crippen LogP contribution in [0.15, 0.2) is 42.5 Å². The van der Waals surface area contributed by atoms with E-state index in [2.05, 4.69) is 5.32 Å². The van der Waals surface area contributed by atoms with Crippen molar-refractivity contribution in [2.75, 3.05) is 11.1 Å². The van der Waals surface area contributed by atoms with E-state index in [0.29, 0.717) is 27.5 Å². The Morgan fingerprint density at radius 1 is 1.26 bits per heavy atom. The molecule has 0 aliphatic rings. The van der Waals surface area contributed by atoms with E-state index in [1.165, 1.54) is 6.07 Å². The van der Waals surface area contributed by atoms with Crippen molar-refractivity contribution in [3.8, 4) is 6.07 Å². The minimum atomic E-state index is -0.329. The van der Waals surface area contributed by atoms with E-state index in [1.54, 1.807) is 36.4 Å². The molecule has 0 atom stereocenters. The molecule has 5 heteroatoms. The first-order chi connectivity index (χ1) is 9.11. The van der Waals surface area contributed by atoms with Crippen LogP contribution >= 0.6 is 11.6 Å². The number of halogens is 1. The predicted octanol–water partition coefficient (Wildman–Crippen LogP) is 3.05. The standard InChI is InChI=1S/C14H10ClN3O/c15-12-6-5-10(7-9(12)8-16)18-14(19)11-3-1-2-4-13(11)17/h1-7H,17H2,(H,18,19). The minimum absolute atomic E-state index is 0.306. The average molecular weight is 272 g/mol. The third-order valence-electron chi connectivity index (χ3n) is 2.55. The molecule has 0 fully saturated rings. The van der Waals surface area contributed by atoms with Crippen LogP contribution in [0.5, 0.6) is 0 Å². The second-order valence-electron chi connectivity index (χ2n) is 3.85. The Labute approximate surface area is 115 Å². The van der Waals surface area contributed by atoms with Gasteiger partial charge in [-0.2, -0.15) is 5.26 Å². The van der Waals surface area contributed by atoms with Crippen molar-refractivity contribution in [3.63, 3.8) is 0 Å². The van der Waals surface area contributed by atoms with Gasteiger partial charge in [-0.1, -0.05) is 23.7 Å². The number of carbonyl (C=O) groups excluding carboxylic acids is 1. The number of nitrogens with two attached hydrogens (primary N) is 1. The van der Waals surface area contributed by atoms with E-state index in [4.69, 9.17) is 22.6 Å². The number of hydrogen-bond acceptors (Lipinski definition) is 3. The number of rotatable bonds is 2. The van der Waals surface area contributed by atoms with E-state index in [0.717, 1.165) is 0 Å². The van der Waals surface area contributed by atoms with Gasteiger partial charge in [0.05, 0.1) is 16.1 Å². The zero-order chi connectivity index (χ0) is 13.8. The van der Waals surface area contributed by atoms with E-state index in [1.807, 2.05) is 6.07 Å². The van der Waals surface area contributed by atoms with Gasteiger partial charge in [0.2, 0.25) is 0 Å². The number of para-hydroxylation sites is 1. The van der Waals surface area contributed by atoms with Crippen LogP contribution in [0.2, 0.25) is 5.02 Å². The molecule has 0 aliphatic heterocycles. The SMILES string of the molecule is N#Cc1cc(NC(=O)c2ccccc2N)ccc1Cl. The van der Waals surface area contributed by atoms with Crippen LogP contribution in [0, 0.1) is 11.3 Å². The molecule has 0 aliphatic carbocycles. The van der Waals surface area contributed by atoms with Gasteiger partial charge in [0.15, 0.2) is 0 Å². The van der Waals surface area contributed by atoms with Crippen LogP contribution < -0.4 is 11.1 Å². The molecule has 0 saturated heterocycles. The highest BCUT2D eigenvalue weighted by Gasteiger charge is 2.10. The lowest BCUT2D eigenvalue weighted by Crippen LogP contribution is -2.13. The van der Waals surface area contributed by atoms with E-state index in [-0.39, 0.29) is 5.91 Å². The fourth-order valence-corrected chi connectivity index (χ4v) is 1.75. The maximum atomic E-state index is 12.0. The smallest absolute Gasteiger partial charge is 0.257 e. The predicted molar refractivity (Wildman–Crippen MR) is 75.0 cm³/mol. The van der Waals surface area contributed by atoms with Crippen molar-refractivity contribution in [2.24, 2.45) is 0 Å². The molecule has 0 spiro atoms. The van der Waals surface area contributed by atoms with Gasteiger partial charge in [0, 0.05) is 11.4 Å². The van der Waals surface area contributed by atoms with Gasteiger partial charge in [-0.3, -0.25) is 4.79 Å². The third-order valence-corrected chi connectivity index (χ3v) is 2.88. The van der Waals surface area contributed by atoms with Crippen molar-refractivity contribution in [3.05, 3.63) is 58.6 Å². The van der Waals surface area contributed by atoms with Gasteiger partial charge in [-0.05, 0) is 30.3 Å². The lowest BCUT2D eigenvalue weighted by molar-refractivity contribution is 0.102. The topological polar surface area (TPSA) is 78.9 Å². The van der Waals surface area contributed by atoms with Crippen LogP contribution in [0.25, 0.3) is 0 Å². The number of amides is 1. The quantitative estimate of drug-likeness (QED) is 0.824. The Balaban J connectivity index is 2.25. The number of nitrogen functional groups attached to an aromatic ring is 1. The van der Waals surface area contributed by atoms with Crippen LogP contribution in [0.4, 0.5) is 11.4 Å². The van der Waals surface area contributed by atoms with Crippen molar-refractivity contribution in [1.29, 1.82) is 5.26 Å². The molecule has 0 radical (unpaired) electrons. The highest BCUT2D eigenvalue weighted by Crippen LogP contribution is 2.21. The van der Waals surface area contributed by atoms with Crippen LogP contribution in [0.3, 0.4) is 0 Å². The molecule has 3 N–H and O–H groups in total. The number of nitrogens with one attached hydrogen (secondary N) is 1. The highest BCUT2D eigenvalue weighted by molar-refractivity contribution is 6.31. The van der Waals surface area contributed by atoms with Crippen molar-refractivity contribution in [2.45, 2.75) is 0 Å². The maximum absolute atomic E-state index is 12.0. The van der Waals surface area contributed by atoms with Crippen LogP contribution in [0.1, 0.15) is 15.9 Å². The van der Waals surface area contributed by atoms with Crippen molar-refractivity contribution in [1.82, 2.24) is 0 Å². The Morgan fingerprint density at radius 3 is 2.68 bits per heavy atom. The molecule has 19 heavy (non-hydrogen) atoms. The second kappa shape index (κ2) is 5.42. The summed E-state index contributed by atoms with van der Waals surface area (Å²) in [4.78, 5) is 12.0. The first-order valence-corrected chi connectivity index (χ1v) is 5.85. The molecular formula is C14H10ClN3O. The molecule has 0 heterocycles. The van der Waals surface area contributed by atoms with Gasteiger partial charge >= 0.3 is 0 Å². The zero-order valence-electron chi connectivity index (χ0n) is 9.85. The summed E-state index contributed by atoms with van der Waals surface area (Å²) < 4.78 is 0. The molecule has 1 amide bonds. The van der Waals surface area contributed by atoms with Crippen molar-refractivity contribution >= 4 is 28.9 Å². The fraction of sp³-hybridized carbons (Fsp3) is 0. The maximum Gasteiger partial charge on any atom is 0.257 e. The van der Waals surface area contributed by atoms with Crippen LogP contribution in [-0.4, -0.2) is 5.91 Å². The van der Waals surface area contributed by atoms with Gasteiger partial charge in [-0.25, -0.2) is 0 Å². The second-order valence-corrected chi connectivity index (χ2v) is 4.26. The van der Waals surface area contributed by atoms with E-state index in [9.17, 15) is 4.79 Å². The summed E-state index contributed by atoms with van der Waals surface area (Å²) in [6.07, 6.45) is 0. The molecule has 4 nitrogen and oxygen atoms in total. The summed E-state index contributed by atoms with van der Waals surface area (Å²) in [7, 11) is 0. The number of nitriles is 1. The number of carbonyl (C=O) groups is 1. The number of nitrogens with zero attached hydrogens (tertiary/aromatic N) is 1. The summed E-state index contributed by atoms with van der Waals surface area (Å²) in [5.41, 5.74) is 7.30. The average Bonchev–Trinajstić information content (AvgIpc) is 2.41. The number of anilines is 2. The van der Waals surface area contributed by atoms with Crippen LogP contribution in [-0.2, 0) is 0 Å².